The molecule has 0 atom stereocenters. The second kappa shape index (κ2) is 11.7. The maximum Gasteiger partial charge on any atom is 0.282 e. The van der Waals surface area contributed by atoms with E-state index >= 15 is 0 Å². The van der Waals surface area contributed by atoms with Gasteiger partial charge < -0.3 is 10.1 Å². The van der Waals surface area contributed by atoms with Crippen LogP contribution in [0.1, 0.15) is 31.2 Å². The highest BCUT2D eigenvalue weighted by atomic mass is 79.9. The molecule has 0 spiro atoms. The third kappa shape index (κ3) is 6.23. The van der Waals surface area contributed by atoms with E-state index in [9.17, 15) is 14.0 Å². The number of fused-ring (bicyclic) bond motifs is 1. The van der Waals surface area contributed by atoms with E-state index in [0.29, 0.717) is 40.1 Å². The van der Waals surface area contributed by atoms with Crippen LogP contribution in [0.2, 0.25) is 0 Å². The van der Waals surface area contributed by atoms with E-state index in [-0.39, 0.29) is 18.0 Å². The number of aryl methyl sites for hydroxylation is 1. The minimum absolute atomic E-state index is 0.254. The number of unbranched alkanes of at least 4 members (excludes halogenated alkanes) is 1. The maximum absolute atomic E-state index is 13.3. The van der Waals surface area contributed by atoms with E-state index < -0.39 is 5.91 Å². The number of nitrogens with one attached hydrogen (secondary N) is 1. The predicted molar refractivity (Wildman–Crippen MR) is 142 cm³/mol. The summed E-state index contributed by atoms with van der Waals surface area (Å²) < 4.78 is 20.9. The molecule has 4 aromatic rings. The van der Waals surface area contributed by atoms with Gasteiger partial charge in [0.2, 0.25) is 0 Å². The standard InChI is InChI=1S/C27H24BrFN4O3/c1-2-3-8-25-32-23-14-9-19(28)15-22(23)27(35)33(25)30-16-18-6-4-5-7-24(18)36-17-26(34)31-21-12-10-20(29)11-13-21/h4-7,9-16H,2-3,8,17H2,1H3,(H,31,34). The number of benzene rings is 3. The first-order chi connectivity index (χ1) is 17.4. The number of hydrogen-bond acceptors (Lipinski definition) is 5. The minimum atomic E-state index is -0.393. The molecule has 3 aromatic carbocycles. The molecular formula is C27H24BrFN4O3. The van der Waals surface area contributed by atoms with Crippen molar-refractivity contribution in [2.45, 2.75) is 26.2 Å². The molecule has 0 aliphatic rings. The van der Waals surface area contributed by atoms with Gasteiger partial charge in [-0.15, -0.1) is 0 Å². The normalized spacial score (nSPS) is 11.2. The maximum atomic E-state index is 13.3. The Morgan fingerprint density at radius 2 is 1.94 bits per heavy atom. The van der Waals surface area contributed by atoms with Gasteiger partial charge in [0, 0.05) is 22.1 Å². The van der Waals surface area contributed by atoms with Gasteiger partial charge in [0.05, 0.1) is 17.1 Å². The van der Waals surface area contributed by atoms with Crippen LogP contribution in [0.25, 0.3) is 10.9 Å². The number of carbonyl (C=O) groups is 1. The molecular weight excluding hydrogens is 527 g/mol. The number of amides is 1. The van der Waals surface area contributed by atoms with Crippen molar-refractivity contribution in [2.24, 2.45) is 5.10 Å². The van der Waals surface area contributed by atoms with Gasteiger partial charge in [0.15, 0.2) is 6.61 Å². The van der Waals surface area contributed by atoms with Crippen LogP contribution in [0.4, 0.5) is 10.1 Å². The minimum Gasteiger partial charge on any atom is -0.483 e. The first-order valence-electron chi connectivity index (χ1n) is 11.5. The third-order valence-electron chi connectivity index (χ3n) is 5.35. The summed E-state index contributed by atoms with van der Waals surface area (Å²) in [6, 6.07) is 17.9. The van der Waals surface area contributed by atoms with Gasteiger partial charge in [0.1, 0.15) is 17.4 Å². The van der Waals surface area contributed by atoms with Gasteiger partial charge in [-0.2, -0.15) is 9.78 Å². The Bertz CT molecular complexity index is 1470. The lowest BCUT2D eigenvalue weighted by Gasteiger charge is -2.11. The second-order valence-electron chi connectivity index (χ2n) is 8.04. The van der Waals surface area contributed by atoms with Crippen molar-refractivity contribution in [3.05, 3.63) is 98.8 Å². The monoisotopic (exact) mass is 550 g/mol. The van der Waals surface area contributed by atoms with Gasteiger partial charge >= 0.3 is 0 Å². The van der Waals surface area contributed by atoms with Crippen molar-refractivity contribution in [3.8, 4) is 5.75 Å². The van der Waals surface area contributed by atoms with E-state index in [1.165, 1.54) is 35.2 Å². The summed E-state index contributed by atoms with van der Waals surface area (Å²) in [5, 5.41) is 7.57. The lowest BCUT2D eigenvalue weighted by Crippen LogP contribution is -2.22. The lowest BCUT2D eigenvalue weighted by atomic mass is 10.2. The fourth-order valence-corrected chi connectivity index (χ4v) is 3.88. The number of rotatable bonds is 9. The second-order valence-corrected chi connectivity index (χ2v) is 8.95. The Morgan fingerprint density at radius 1 is 1.17 bits per heavy atom. The molecule has 7 nitrogen and oxygen atoms in total. The highest BCUT2D eigenvalue weighted by Crippen LogP contribution is 2.18. The Balaban J connectivity index is 1.57. The summed E-state index contributed by atoms with van der Waals surface area (Å²) in [7, 11) is 0. The quantitative estimate of drug-likeness (QED) is 0.277. The molecule has 1 amide bonds. The van der Waals surface area contributed by atoms with E-state index in [2.05, 4.69) is 38.3 Å². The first-order valence-corrected chi connectivity index (χ1v) is 12.3. The molecule has 0 aliphatic heterocycles. The van der Waals surface area contributed by atoms with Crippen molar-refractivity contribution in [1.29, 1.82) is 0 Å². The molecule has 0 bridgehead atoms. The summed E-state index contributed by atoms with van der Waals surface area (Å²) in [6.45, 7) is 1.82. The average molecular weight is 551 g/mol. The van der Waals surface area contributed by atoms with Crippen LogP contribution >= 0.6 is 15.9 Å². The number of halogens is 2. The summed E-state index contributed by atoms with van der Waals surface area (Å²) >= 11 is 3.41. The first kappa shape index (κ1) is 25.2. The van der Waals surface area contributed by atoms with Crippen molar-refractivity contribution >= 4 is 44.6 Å². The van der Waals surface area contributed by atoms with Crippen LogP contribution in [-0.4, -0.2) is 28.4 Å². The van der Waals surface area contributed by atoms with Crippen LogP contribution in [0, 0.1) is 5.82 Å². The third-order valence-corrected chi connectivity index (χ3v) is 5.84. The average Bonchev–Trinajstić information content (AvgIpc) is 2.88. The molecule has 36 heavy (non-hydrogen) atoms. The number of aromatic nitrogens is 2. The van der Waals surface area contributed by atoms with E-state index in [1.807, 2.05) is 18.2 Å². The molecule has 0 aliphatic carbocycles. The highest BCUT2D eigenvalue weighted by Gasteiger charge is 2.12. The van der Waals surface area contributed by atoms with Gasteiger partial charge in [-0.25, -0.2) is 9.37 Å². The fraction of sp³-hybridized carbons (Fsp3) is 0.185. The van der Waals surface area contributed by atoms with Crippen molar-refractivity contribution in [2.75, 3.05) is 11.9 Å². The zero-order chi connectivity index (χ0) is 25.5. The van der Waals surface area contributed by atoms with Crippen molar-refractivity contribution in [1.82, 2.24) is 9.66 Å². The van der Waals surface area contributed by atoms with Crippen LogP contribution in [0.5, 0.6) is 5.75 Å². The molecule has 0 saturated carbocycles. The van der Waals surface area contributed by atoms with Gasteiger partial charge in [-0.05, 0) is 61.0 Å². The molecule has 4 rings (SSSR count). The number of para-hydroxylation sites is 1. The van der Waals surface area contributed by atoms with E-state index in [4.69, 9.17) is 4.74 Å². The van der Waals surface area contributed by atoms with Gasteiger partial charge in [-0.3, -0.25) is 9.59 Å². The molecule has 1 heterocycles. The largest absolute Gasteiger partial charge is 0.483 e. The molecule has 0 saturated heterocycles. The van der Waals surface area contributed by atoms with Gasteiger partial charge in [-0.1, -0.05) is 41.4 Å². The molecule has 9 heteroatoms. The zero-order valence-electron chi connectivity index (χ0n) is 19.6. The van der Waals surface area contributed by atoms with E-state index in [1.54, 1.807) is 24.3 Å². The SMILES string of the molecule is CCCCc1nc2ccc(Br)cc2c(=O)n1N=Cc1ccccc1OCC(=O)Nc1ccc(F)cc1. The zero-order valence-corrected chi connectivity index (χ0v) is 21.2. The number of hydrogen-bond donors (Lipinski definition) is 1. The number of anilines is 1. The Kier molecular flexibility index (Phi) is 8.22. The molecule has 1 N–H and O–H groups in total. The number of carbonyl (C=O) groups excluding carboxylic acids is 1. The molecule has 0 fully saturated rings. The van der Waals surface area contributed by atoms with Crippen LogP contribution in [-0.2, 0) is 11.2 Å². The molecule has 1 aromatic heterocycles. The van der Waals surface area contributed by atoms with Crippen LogP contribution in [0.3, 0.4) is 0 Å². The molecule has 184 valence electrons. The summed E-state index contributed by atoms with van der Waals surface area (Å²) in [6.07, 6.45) is 3.95. The van der Waals surface area contributed by atoms with Crippen molar-refractivity contribution in [3.63, 3.8) is 0 Å². The fourth-order valence-electron chi connectivity index (χ4n) is 3.52. The van der Waals surface area contributed by atoms with Crippen LogP contribution < -0.4 is 15.6 Å². The summed E-state index contributed by atoms with van der Waals surface area (Å²) in [5.74, 6) is 0.222. The Morgan fingerprint density at radius 3 is 2.72 bits per heavy atom. The lowest BCUT2D eigenvalue weighted by molar-refractivity contribution is -0.118. The summed E-state index contributed by atoms with van der Waals surface area (Å²) in [4.78, 5) is 30.2. The smallest absolute Gasteiger partial charge is 0.282 e. The number of nitrogens with zero attached hydrogens (tertiary/aromatic N) is 3. The topological polar surface area (TPSA) is 85.6 Å². The highest BCUT2D eigenvalue weighted by molar-refractivity contribution is 9.10. The molecule has 0 unspecified atom stereocenters. The van der Waals surface area contributed by atoms with Crippen LogP contribution in [0.15, 0.2) is 81.1 Å². The van der Waals surface area contributed by atoms with Crippen molar-refractivity contribution < 1.29 is 13.9 Å². The summed E-state index contributed by atoms with van der Waals surface area (Å²) in [5.41, 5.74) is 1.42. The Hall–Kier alpha value is -3.85. The predicted octanol–water partition coefficient (Wildman–Crippen LogP) is 5.54. The number of ether oxygens (including phenoxy) is 1. The molecule has 0 radical (unpaired) electrons. The Labute approximate surface area is 215 Å². The van der Waals surface area contributed by atoms with E-state index in [0.717, 1.165) is 17.3 Å². The van der Waals surface area contributed by atoms with Gasteiger partial charge in [0.25, 0.3) is 11.5 Å².